The largest absolute Gasteiger partial charge is 0.375 e. The molecule has 1 aliphatic rings. The van der Waals surface area contributed by atoms with Gasteiger partial charge in [0.2, 0.25) is 0 Å². The second-order valence-corrected chi connectivity index (χ2v) is 5.33. The van der Waals surface area contributed by atoms with Gasteiger partial charge in [0.1, 0.15) is 6.61 Å². The molecule has 1 aliphatic heterocycles. The molecule has 1 aromatic heterocycles. The molecular formula is C12H18F2N2OS. The van der Waals surface area contributed by atoms with Crippen LogP contribution in [0.3, 0.4) is 0 Å². The molecule has 1 saturated heterocycles. The van der Waals surface area contributed by atoms with Crippen molar-refractivity contribution in [2.45, 2.75) is 38.2 Å². The second kappa shape index (κ2) is 7.11. The van der Waals surface area contributed by atoms with Crippen molar-refractivity contribution in [1.82, 2.24) is 10.3 Å². The van der Waals surface area contributed by atoms with Gasteiger partial charge in [0.05, 0.1) is 23.4 Å². The molecule has 18 heavy (non-hydrogen) atoms. The van der Waals surface area contributed by atoms with Crippen molar-refractivity contribution in [3.8, 4) is 0 Å². The van der Waals surface area contributed by atoms with Crippen molar-refractivity contribution >= 4 is 11.3 Å². The highest BCUT2D eigenvalue weighted by atomic mass is 32.1. The van der Waals surface area contributed by atoms with Gasteiger partial charge in [-0.2, -0.15) is 0 Å². The number of ether oxygens (including phenoxy) is 1. The minimum atomic E-state index is -2.39. The lowest BCUT2D eigenvalue weighted by molar-refractivity contribution is 0.0187. The van der Waals surface area contributed by atoms with Crippen molar-refractivity contribution in [2.24, 2.45) is 0 Å². The number of hydrogen-bond acceptors (Lipinski definition) is 4. The number of halogens is 2. The molecule has 0 radical (unpaired) electrons. The van der Waals surface area contributed by atoms with Crippen LogP contribution in [0.15, 0.2) is 5.38 Å². The number of thiazole rings is 1. The summed E-state index contributed by atoms with van der Waals surface area (Å²) < 4.78 is 28.6. The van der Waals surface area contributed by atoms with Gasteiger partial charge in [-0.05, 0) is 19.4 Å². The molecule has 1 N–H and O–H groups in total. The molecular weight excluding hydrogens is 258 g/mol. The van der Waals surface area contributed by atoms with Crippen LogP contribution < -0.4 is 5.32 Å². The van der Waals surface area contributed by atoms with Gasteiger partial charge in [0.25, 0.3) is 6.43 Å². The van der Waals surface area contributed by atoms with Crippen molar-refractivity contribution in [3.05, 3.63) is 16.1 Å². The number of alkyl halides is 2. The van der Waals surface area contributed by atoms with E-state index in [4.69, 9.17) is 4.74 Å². The Kier molecular flexibility index (Phi) is 5.46. The average molecular weight is 276 g/mol. The van der Waals surface area contributed by atoms with E-state index in [0.717, 1.165) is 23.7 Å². The molecule has 1 atom stereocenters. The van der Waals surface area contributed by atoms with Gasteiger partial charge in [-0.1, -0.05) is 6.42 Å². The normalized spacial score (nSPS) is 20.5. The third-order valence-corrected chi connectivity index (χ3v) is 3.87. The van der Waals surface area contributed by atoms with Crippen molar-refractivity contribution < 1.29 is 13.5 Å². The lowest BCUT2D eigenvalue weighted by Crippen LogP contribution is -2.27. The van der Waals surface area contributed by atoms with Gasteiger partial charge >= 0.3 is 0 Å². The van der Waals surface area contributed by atoms with Crippen LogP contribution in [0.5, 0.6) is 0 Å². The Morgan fingerprint density at radius 3 is 3.11 bits per heavy atom. The molecule has 6 heteroatoms. The summed E-state index contributed by atoms with van der Waals surface area (Å²) in [4.78, 5) is 4.54. The van der Waals surface area contributed by atoms with E-state index in [2.05, 4.69) is 15.7 Å². The Morgan fingerprint density at radius 1 is 1.50 bits per heavy atom. The minimum Gasteiger partial charge on any atom is -0.375 e. The predicted molar refractivity (Wildman–Crippen MR) is 67.2 cm³/mol. The first-order valence-electron chi connectivity index (χ1n) is 6.29. The molecule has 102 valence electrons. The Balaban J connectivity index is 1.75. The summed E-state index contributed by atoms with van der Waals surface area (Å²) in [6.07, 6.45) is 1.83. The quantitative estimate of drug-likeness (QED) is 0.811. The fraction of sp³-hybridized carbons (Fsp3) is 0.750. The van der Waals surface area contributed by atoms with Crippen LogP contribution in [-0.4, -0.2) is 31.2 Å². The SMILES string of the molecule is FC(F)COCCc1nc(C2CCCCN2)cs1. The molecule has 1 aromatic rings. The molecule has 2 rings (SSSR count). The van der Waals surface area contributed by atoms with Crippen molar-refractivity contribution in [3.63, 3.8) is 0 Å². The molecule has 3 nitrogen and oxygen atoms in total. The van der Waals surface area contributed by atoms with E-state index in [-0.39, 0.29) is 0 Å². The maximum atomic E-state index is 11.9. The lowest BCUT2D eigenvalue weighted by Gasteiger charge is -2.21. The zero-order valence-electron chi connectivity index (χ0n) is 10.2. The summed E-state index contributed by atoms with van der Waals surface area (Å²) in [5.74, 6) is 0. The Morgan fingerprint density at radius 2 is 2.39 bits per heavy atom. The fourth-order valence-corrected chi connectivity index (χ4v) is 2.87. The van der Waals surface area contributed by atoms with E-state index in [1.165, 1.54) is 12.8 Å². The topological polar surface area (TPSA) is 34.1 Å². The van der Waals surface area contributed by atoms with E-state index in [0.29, 0.717) is 19.1 Å². The molecule has 0 aromatic carbocycles. The van der Waals surface area contributed by atoms with Crippen molar-refractivity contribution in [2.75, 3.05) is 19.8 Å². The monoisotopic (exact) mass is 276 g/mol. The molecule has 2 heterocycles. The summed E-state index contributed by atoms with van der Waals surface area (Å²) in [6, 6.07) is 0.366. The van der Waals surface area contributed by atoms with E-state index in [1.807, 2.05) is 0 Å². The zero-order valence-corrected chi connectivity index (χ0v) is 11.0. The smallest absolute Gasteiger partial charge is 0.261 e. The molecule has 0 spiro atoms. The zero-order chi connectivity index (χ0) is 12.8. The Labute approximate surface area is 110 Å². The predicted octanol–water partition coefficient (Wildman–Crippen LogP) is 2.78. The third kappa shape index (κ3) is 4.26. The third-order valence-electron chi connectivity index (χ3n) is 2.94. The lowest BCUT2D eigenvalue weighted by atomic mass is 10.0. The first kappa shape index (κ1) is 13.8. The first-order chi connectivity index (χ1) is 8.75. The first-order valence-corrected chi connectivity index (χ1v) is 7.17. The maximum Gasteiger partial charge on any atom is 0.261 e. The summed E-state index contributed by atoms with van der Waals surface area (Å²) in [5.41, 5.74) is 1.09. The number of rotatable bonds is 6. The van der Waals surface area contributed by atoms with Crippen LogP contribution in [0.1, 0.15) is 36.0 Å². The Bertz CT molecular complexity index is 354. The van der Waals surface area contributed by atoms with Crippen LogP contribution in [0.2, 0.25) is 0 Å². The van der Waals surface area contributed by atoms with Gasteiger partial charge in [-0.15, -0.1) is 11.3 Å². The average Bonchev–Trinajstić information content (AvgIpc) is 2.84. The van der Waals surface area contributed by atoms with Crippen LogP contribution >= 0.6 is 11.3 Å². The van der Waals surface area contributed by atoms with Gasteiger partial charge in [0.15, 0.2) is 0 Å². The van der Waals surface area contributed by atoms with Gasteiger partial charge in [-0.25, -0.2) is 13.8 Å². The molecule has 0 amide bonds. The number of aromatic nitrogens is 1. The van der Waals surface area contributed by atoms with Crippen LogP contribution in [0.25, 0.3) is 0 Å². The standard InChI is InChI=1S/C12H18F2N2OS/c13-11(14)7-17-6-4-12-16-10(8-18-12)9-3-1-2-5-15-9/h8-9,11,15H,1-7H2. The summed E-state index contributed by atoms with van der Waals surface area (Å²) in [5, 5.41) is 6.47. The number of nitrogens with zero attached hydrogens (tertiary/aromatic N) is 1. The number of hydrogen-bond donors (Lipinski definition) is 1. The van der Waals surface area contributed by atoms with E-state index in [1.54, 1.807) is 11.3 Å². The van der Waals surface area contributed by atoms with E-state index < -0.39 is 13.0 Å². The summed E-state index contributed by atoms with van der Waals surface area (Å²) >= 11 is 1.58. The number of piperidine rings is 1. The van der Waals surface area contributed by atoms with E-state index >= 15 is 0 Å². The van der Waals surface area contributed by atoms with Crippen LogP contribution in [0.4, 0.5) is 8.78 Å². The van der Waals surface area contributed by atoms with Crippen LogP contribution in [-0.2, 0) is 11.2 Å². The maximum absolute atomic E-state index is 11.9. The summed E-state index contributed by atoms with van der Waals surface area (Å²) in [7, 11) is 0. The molecule has 0 saturated carbocycles. The highest BCUT2D eigenvalue weighted by molar-refractivity contribution is 7.09. The second-order valence-electron chi connectivity index (χ2n) is 4.38. The fourth-order valence-electron chi connectivity index (χ4n) is 2.04. The highest BCUT2D eigenvalue weighted by Crippen LogP contribution is 2.24. The van der Waals surface area contributed by atoms with E-state index in [9.17, 15) is 8.78 Å². The van der Waals surface area contributed by atoms with Gasteiger partial charge < -0.3 is 10.1 Å². The van der Waals surface area contributed by atoms with Crippen molar-refractivity contribution in [1.29, 1.82) is 0 Å². The van der Waals surface area contributed by atoms with Gasteiger partial charge in [0, 0.05) is 11.8 Å². The Hall–Kier alpha value is -0.590. The molecule has 1 unspecified atom stereocenters. The molecule has 0 aliphatic carbocycles. The van der Waals surface area contributed by atoms with Gasteiger partial charge in [-0.3, -0.25) is 0 Å². The van der Waals surface area contributed by atoms with Crippen LogP contribution in [0, 0.1) is 0 Å². The number of nitrogens with one attached hydrogen (secondary N) is 1. The summed E-state index contributed by atoms with van der Waals surface area (Å²) in [6.45, 7) is 0.882. The molecule has 0 bridgehead atoms. The minimum absolute atomic E-state index is 0.315. The molecule has 1 fully saturated rings. The highest BCUT2D eigenvalue weighted by Gasteiger charge is 2.17.